The van der Waals surface area contributed by atoms with E-state index in [1.165, 1.54) is 16.9 Å². The van der Waals surface area contributed by atoms with E-state index in [4.69, 9.17) is 5.26 Å². The molecule has 0 aliphatic carbocycles. The van der Waals surface area contributed by atoms with Gasteiger partial charge in [-0.15, -0.1) is 0 Å². The highest BCUT2D eigenvalue weighted by Gasteiger charge is 2.19. The number of carbonyl (C=O) groups excluding carboxylic acids is 1. The molecule has 8 nitrogen and oxygen atoms in total. The number of urea groups is 1. The molecule has 9 heteroatoms. The Morgan fingerprint density at radius 2 is 2.39 bits per heavy atom. The number of benzene rings is 1. The molecule has 0 saturated carbocycles. The van der Waals surface area contributed by atoms with Gasteiger partial charge in [-0.25, -0.2) is 18.9 Å². The Morgan fingerprint density at radius 3 is 3.04 bits per heavy atom. The Labute approximate surface area is 129 Å². The number of anilines is 1. The summed E-state index contributed by atoms with van der Waals surface area (Å²) in [7, 11) is 0. The highest BCUT2D eigenvalue weighted by molar-refractivity contribution is 5.92. The Morgan fingerprint density at radius 1 is 1.57 bits per heavy atom. The van der Waals surface area contributed by atoms with Crippen LogP contribution in [-0.2, 0) is 0 Å². The van der Waals surface area contributed by atoms with Crippen molar-refractivity contribution >= 4 is 23.0 Å². The van der Waals surface area contributed by atoms with Gasteiger partial charge in [-0.2, -0.15) is 10.4 Å². The number of aromatic nitrogens is 4. The van der Waals surface area contributed by atoms with Crippen LogP contribution < -0.4 is 10.6 Å². The molecular formula is C14H12FN7O. The predicted octanol–water partition coefficient (Wildman–Crippen LogP) is 1.90. The maximum Gasteiger partial charge on any atom is 0.321 e. The van der Waals surface area contributed by atoms with Crippen LogP contribution in [0.5, 0.6) is 0 Å². The highest BCUT2D eigenvalue weighted by Crippen LogP contribution is 2.27. The summed E-state index contributed by atoms with van der Waals surface area (Å²) in [4.78, 5) is 18.6. The number of H-pyrrole nitrogens is 1. The summed E-state index contributed by atoms with van der Waals surface area (Å²) in [5.74, 6) is -0.575. The fourth-order valence-corrected chi connectivity index (χ4v) is 2.17. The molecule has 0 fully saturated rings. The number of nitrogens with one attached hydrogen (secondary N) is 3. The third-order valence-electron chi connectivity index (χ3n) is 3.11. The van der Waals surface area contributed by atoms with Crippen LogP contribution in [0, 0.1) is 17.1 Å². The van der Waals surface area contributed by atoms with Crippen LogP contribution in [0.3, 0.4) is 0 Å². The number of imidazole rings is 1. The highest BCUT2D eigenvalue weighted by atomic mass is 19.1. The lowest BCUT2D eigenvalue weighted by atomic mass is 10.1. The molecule has 116 valence electrons. The first-order valence-corrected chi connectivity index (χ1v) is 6.81. The number of hydrogen-bond donors (Lipinski definition) is 3. The molecule has 0 unspecified atom stereocenters. The molecule has 3 N–H and O–H groups in total. The third-order valence-corrected chi connectivity index (χ3v) is 3.11. The van der Waals surface area contributed by atoms with Crippen molar-refractivity contribution in [2.24, 2.45) is 0 Å². The van der Waals surface area contributed by atoms with Crippen LogP contribution >= 0.6 is 0 Å². The average Bonchev–Trinajstić information content (AvgIpc) is 3.16. The van der Waals surface area contributed by atoms with Gasteiger partial charge in [0.1, 0.15) is 17.3 Å². The van der Waals surface area contributed by atoms with E-state index in [0.717, 1.165) is 0 Å². The number of nitriles is 1. The van der Waals surface area contributed by atoms with Gasteiger partial charge in [-0.1, -0.05) is 0 Å². The molecule has 0 spiro atoms. The van der Waals surface area contributed by atoms with Gasteiger partial charge in [-0.3, -0.25) is 5.32 Å². The van der Waals surface area contributed by atoms with E-state index in [0.29, 0.717) is 12.1 Å². The Hall–Kier alpha value is -3.41. The van der Waals surface area contributed by atoms with Crippen molar-refractivity contribution in [3.63, 3.8) is 0 Å². The molecule has 3 rings (SSSR count). The van der Waals surface area contributed by atoms with Gasteiger partial charge in [-0.05, 0) is 19.1 Å². The fraction of sp³-hybridized carbons (Fsp3) is 0.143. The number of carbonyl (C=O) groups is 1. The number of fused-ring (bicyclic) bond motifs is 1. The van der Waals surface area contributed by atoms with Crippen LogP contribution in [0.1, 0.15) is 12.5 Å². The summed E-state index contributed by atoms with van der Waals surface area (Å²) in [6.07, 6.45) is 3.04. The number of amides is 2. The first-order valence-electron chi connectivity index (χ1n) is 6.81. The standard InChI is InChI=1S/C14H12FN7O/c1-2-17-14(23)21-13-19-9-6-8(7-16)10(15)12(11(9)20-13)22-5-3-4-18-22/h3-6H,2H2,1H3,(H3,17,19,20,21,23). The van der Waals surface area contributed by atoms with Gasteiger partial charge in [0.25, 0.3) is 0 Å². The van der Waals surface area contributed by atoms with E-state index < -0.39 is 11.8 Å². The SMILES string of the molecule is CCNC(=O)Nc1nc2c(-n3cccn3)c(F)c(C#N)cc2[nH]1. The molecule has 0 aliphatic heterocycles. The first kappa shape index (κ1) is 14.5. The minimum atomic E-state index is -0.722. The van der Waals surface area contributed by atoms with E-state index in [2.05, 4.69) is 25.7 Å². The largest absolute Gasteiger partial charge is 0.338 e. The molecule has 1 aromatic carbocycles. The number of rotatable bonds is 3. The molecule has 0 atom stereocenters. The summed E-state index contributed by atoms with van der Waals surface area (Å²) in [6, 6.07) is 4.33. The first-order chi connectivity index (χ1) is 11.1. The van der Waals surface area contributed by atoms with Crippen LogP contribution in [-0.4, -0.2) is 32.3 Å². The van der Waals surface area contributed by atoms with Crippen molar-refractivity contribution in [3.05, 3.63) is 35.9 Å². The van der Waals surface area contributed by atoms with Crippen molar-refractivity contribution in [3.8, 4) is 11.8 Å². The lowest BCUT2D eigenvalue weighted by Gasteiger charge is -2.05. The maximum absolute atomic E-state index is 14.5. The predicted molar refractivity (Wildman–Crippen MR) is 80.6 cm³/mol. The molecular weight excluding hydrogens is 301 g/mol. The fourth-order valence-electron chi connectivity index (χ4n) is 2.17. The second-order valence-electron chi connectivity index (χ2n) is 4.62. The normalized spacial score (nSPS) is 10.5. The summed E-state index contributed by atoms with van der Waals surface area (Å²) in [5, 5.41) is 18.1. The van der Waals surface area contributed by atoms with Gasteiger partial charge in [0, 0.05) is 18.9 Å². The lowest BCUT2D eigenvalue weighted by molar-refractivity contribution is 0.252. The zero-order chi connectivity index (χ0) is 16.4. The van der Waals surface area contributed by atoms with E-state index >= 15 is 0 Å². The summed E-state index contributed by atoms with van der Waals surface area (Å²) >= 11 is 0. The van der Waals surface area contributed by atoms with Gasteiger partial charge >= 0.3 is 6.03 Å². The summed E-state index contributed by atoms with van der Waals surface area (Å²) < 4.78 is 15.8. The topological polar surface area (TPSA) is 111 Å². The molecule has 0 radical (unpaired) electrons. The number of aromatic amines is 1. The number of halogens is 1. The van der Waals surface area contributed by atoms with Crippen LogP contribution in [0.15, 0.2) is 24.5 Å². The molecule has 3 aromatic rings. The summed E-state index contributed by atoms with van der Waals surface area (Å²) in [5.41, 5.74) is 0.581. The van der Waals surface area contributed by atoms with Crippen molar-refractivity contribution in [1.29, 1.82) is 5.26 Å². The van der Waals surface area contributed by atoms with Gasteiger partial charge < -0.3 is 10.3 Å². The zero-order valence-electron chi connectivity index (χ0n) is 12.1. The van der Waals surface area contributed by atoms with E-state index in [1.807, 2.05) is 0 Å². The molecule has 0 aliphatic rings. The Bertz CT molecular complexity index is 907. The smallest absolute Gasteiger partial charge is 0.321 e. The van der Waals surface area contributed by atoms with Gasteiger partial charge in [0.2, 0.25) is 5.95 Å². The monoisotopic (exact) mass is 313 g/mol. The van der Waals surface area contributed by atoms with E-state index in [1.54, 1.807) is 25.3 Å². The molecule has 0 saturated heterocycles. The molecule has 23 heavy (non-hydrogen) atoms. The molecule has 0 bridgehead atoms. The van der Waals surface area contributed by atoms with Gasteiger partial charge in [0.05, 0.1) is 11.1 Å². The van der Waals surface area contributed by atoms with Crippen LogP contribution in [0.4, 0.5) is 15.1 Å². The minimum absolute atomic E-state index is 0.0456. The van der Waals surface area contributed by atoms with E-state index in [-0.39, 0.29) is 22.7 Å². The lowest BCUT2D eigenvalue weighted by Crippen LogP contribution is -2.28. The number of nitrogens with zero attached hydrogens (tertiary/aromatic N) is 4. The van der Waals surface area contributed by atoms with Crippen molar-refractivity contribution in [2.45, 2.75) is 6.92 Å². The number of hydrogen-bond acceptors (Lipinski definition) is 4. The van der Waals surface area contributed by atoms with Crippen molar-refractivity contribution in [2.75, 3.05) is 11.9 Å². The van der Waals surface area contributed by atoms with Crippen LogP contribution in [0.25, 0.3) is 16.7 Å². The molecule has 2 aromatic heterocycles. The second kappa shape index (κ2) is 5.76. The van der Waals surface area contributed by atoms with Crippen molar-refractivity contribution in [1.82, 2.24) is 25.1 Å². The third kappa shape index (κ3) is 2.57. The minimum Gasteiger partial charge on any atom is -0.338 e. The quantitative estimate of drug-likeness (QED) is 0.685. The Kier molecular flexibility index (Phi) is 3.64. The van der Waals surface area contributed by atoms with Crippen LogP contribution in [0.2, 0.25) is 0 Å². The van der Waals surface area contributed by atoms with E-state index in [9.17, 15) is 9.18 Å². The second-order valence-corrected chi connectivity index (χ2v) is 4.62. The van der Waals surface area contributed by atoms with Gasteiger partial charge in [0.15, 0.2) is 5.82 Å². The molecule has 2 amide bonds. The summed E-state index contributed by atoms with van der Waals surface area (Å²) in [6.45, 7) is 2.24. The Balaban J connectivity index is 2.16. The average molecular weight is 313 g/mol. The zero-order valence-corrected chi connectivity index (χ0v) is 12.1. The maximum atomic E-state index is 14.5. The molecule has 2 heterocycles. The van der Waals surface area contributed by atoms with Crippen molar-refractivity contribution < 1.29 is 9.18 Å².